The predicted octanol–water partition coefficient (Wildman–Crippen LogP) is 27.5. The number of benzene rings is 16. The van der Waals surface area contributed by atoms with Crippen molar-refractivity contribution in [1.82, 2.24) is 23.3 Å². The van der Waals surface area contributed by atoms with Crippen molar-refractivity contribution in [2.24, 2.45) is 0 Å². The average molecular weight is 1380 g/mol. The summed E-state index contributed by atoms with van der Waals surface area (Å²) in [5.41, 5.74) is 25.9. The summed E-state index contributed by atoms with van der Waals surface area (Å²) in [4.78, 5) is 6.92. The normalized spacial score (nSPS) is 11.9. The van der Waals surface area contributed by atoms with Gasteiger partial charge in [0.1, 0.15) is 11.4 Å². The van der Waals surface area contributed by atoms with Crippen molar-refractivity contribution in [3.8, 4) is 101 Å². The van der Waals surface area contributed by atoms with E-state index in [9.17, 15) is 0 Å². The van der Waals surface area contributed by atoms with Gasteiger partial charge in [0.2, 0.25) is 0 Å². The number of hydrogen-bond acceptors (Lipinski definition) is 2. The highest BCUT2D eigenvalue weighted by molar-refractivity contribution is 7.26. The van der Waals surface area contributed by atoms with E-state index in [2.05, 4.69) is 400 Å². The molecule has 0 amide bonds. The van der Waals surface area contributed by atoms with Crippen LogP contribution in [0.1, 0.15) is 0 Å². The molecular weight excluding hydrogens is 1320 g/mol. The van der Waals surface area contributed by atoms with Gasteiger partial charge in [-0.1, -0.05) is 328 Å². The molecule has 0 aliphatic heterocycles. The van der Waals surface area contributed by atoms with Crippen LogP contribution in [0.25, 0.3) is 208 Å². The molecule has 6 heteroatoms. The fourth-order valence-electron chi connectivity index (χ4n) is 17.8. The summed E-state index contributed by atoms with van der Waals surface area (Å²) in [7, 11) is 0. The minimum atomic E-state index is 0.763. The highest BCUT2D eigenvalue weighted by Crippen LogP contribution is 2.55. The number of thiophene rings is 1. The number of pyridine rings is 1. The van der Waals surface area contributed by atoms with Crippen LogP contribution in [0.15, 0.2) is 382 Å². The van der Waals surface area contributed by atoms with Crippen molar-refractivity contribution >= 4 is 119 Å². The quantitative estimate of drug-likeness (QED) is 0.127. The Hall–Kier alpha value is -13.9. The van der Waals surface area contributed by atoms with Crippen LogP contribution in [0.4, 0.5) is 0 Å². The van der Waals surface area contributed by atoms with Gasteiger partial charge in [-0.25, -0.2) is 4.98 Å². The molecule has 16 aromatic carbocycles. The van der Waals surface area contributed by atoms with Crippen molar-refractivity contribution in [1.29, 1.82) is 0 Å². The van der Waals surface area contributed by atoms with Gasteiger partial charge < -0.3 is 9.13 Å². The second kappa shape index (κ2) is 24.4. The molecule has 6 heterocycles. The molecule has 0 aliphatic carbocycles. The predicted molar refractivity (Wildman–Crippen MR) is 453 cm³/mol. The van der Waals surface area contributed by atoms with Crippen LogP contribution >= 0.6 is 11.3 Å². The van der Waals surface area contributed by atoms with Crippen LogP contribution in [0.3, 0.4) is 0 Å². The van der Waals surface area contributed by atoms with Gasteiger partial charge in [-0.15, -0.1) is 11.3 Å². The maximum absolute atomic E-state index is 6.92. The van der Waals surface area contributed by atoms with Gasteiger partial charge >= 0.3 is 0 Å². The number of fused-ring (bicyclic) bond motifs is 15. The van der Waals surface area contributed by atoms with Crippen molar-refractivity contribution < 1.29 is 0 Å². The number of nitrogens with zero attached hydrogens (tertiary/aromatic N) is 5. The highest BCUT2D eigenvalue weighted by atomic mass is 32.1. The fraction of sp³-hybridized carbons (Fsp3) is 0. The first-order valence-corrected chi connectivity index (χ1v) is 37.5. The third kappa shape index (κ3) is 9.20. The second-order valence-corrected chi connectivity index (χ2v) is 28.9. The zero-order valence-electron chi connectivity index (χ0n) is 58.0. The van der Waals surface area contributed by atoms with E-state index >= 15 is 0 Å². The molecule has 0 radical (unpaired) electrons. The molecule has 6 aromatic heterocycles. The van der Waals surface area contributed by atoms with Crippen LogP contribution in [-0.4, -0.2) is 23.3 Å². The molecule has 0 unspecified atom stereocenters. The molecule has 498 valence electrons. The van der Waals surface area contributed by atoms with Crippen LogP contribution in [0.5, 0.6) is 0 Å². The molecule has 0 spiro atoms. The molecule has 0 N–H and O–H groups in total. The lowest BCUT2D eigenvalue weighted by Gasteiger charge is -2.27. The maximum Gasteiger partial charge on any atom is 0.165 e. The third-order valence-electron chi connectivity index (χ3n) is 22.2. The van der Waals surface area contributed by atoms with Crippen LogP contribution in [-0.2, 0) is 0 Å². The Morgan fingerprint density at radius 3 is 0.766 bits per heavy atom. The van der Waals surface area contributed by atoms with Crippen molar-refractivity contribution in [3.63, 3.8) is 0 Å². The zero-order valence-corrected chi connectivity index (χ0v) is 58.8. The van der Waals surface area contributed by atoms with Gasteiger partial charge in [0, 0.05) is 74.4 Å². The third-order valence-corrected chi connectivity index (χ3v) is 23.4. The minimum Gasteiger partial charge on any atom is -0.305 e. The smallest absolute Gasteiger partial charge is 0.165 e. The Bertz CT molecular complexity index is 6990. The molecular formula is C101H63N5S. The Kier molecular flexibility index (Phi) is 13.8. The molecule has 22 aromatic rings. The van der Waals surface area contributed by atoms with Crippen molar-refractivity contribution in [3.05, 3.63) is 382 Å². The molecule has 107 heavy (non-hydrogen) atoms. The largest absolute Gasteiger partial charge is 0.305 e. The average Bonchev–Trinajstić information content (AvgIpc) is 1.54. The summed E-state index contributed by atoms with van der Waals surface area (Å²) >= 11 is 1.87. The van der Waals surface area contributed by atoms with Crippen LogP contribution in [0, 0.1) is 0 Å². The van der Waals surface area contributed by atoms with Crippen LogP contribution in [0.2, 0.25) is 0 Å². The van der Waals surface area contributed by atoms with Crippen molar-refractivity contribution in [2.45, 2.75) is 0 Å². The van der Waals surface area contributed by atoms with Gasteiger partial charge in [-0.3, -0.25) is 9.13 Å². The standard InChI is InChI=1S/C101H63N5S/c1-7-32-64(33-8-1)70-47-26-57-83-90(70)91-71(65-34-9-2-10-35-65)48-27-58-84(91)103(83)97-96(80-54-25-53-79-78-46-21-24-63-89(78)107-99(79)80)98(104-85-59-28-49-72(66-36-11-3-12-37-66)92(85)93-73(50-29-60-86(93)104)67-38-13-4-14-39-67)101(102-100(97)105-81-55-22-19-44-76(81)77-45-20-23-56-82(77)105)106-87-61-30-51-74(68-40-15-5-16-41-68)94(87)95-75(52-31-62-88(95)106)69-42-17-6-18-43-69/h1-63H. The van der Waals surface area contributed by atoms with Gasteiger partial charge in [-0.05, 0) is 121 Å². The highest BCUT2D eigenvalue weighted by Gasteiger charge is 2.36. The van der Waals surface area contributed by atoms with E-state index in [1.807, 2.05) is 11.3 Å². The second-order valence-electron chi connectivity index (χ2n) is 27.9. The zero-order chi connectivity index (χ0) is 70.2. The summed E-state index contributed by atoms with van der Waals surface area (Å²) in [6.45, 7) is 0. The van der Waals surface area contributed by atoms with Gasteiger partial charge in [0.25, 0.3) is 0 Å². The first kappa shape index (κ1) is 60.7. The Labute approximate surface area is 620 Å². The van der Waals surface area contributed by atoms with E-state index in [0.29, 0.717) is 0 Å². The molecule has 22 rings (SSSR count). The van der Waals surface area contributed by atoms with E-state index in [-0.39, 0.29) is 0 Å². The first-order chi connectivity index (χ1) is 53.2. The number of rotatable bonds is 11. The number of hydrogen-bond donors (Lipinski definition) is 0. The fourth-order valence-corrected chi connectivity index (χ4v) is 19.0. The van der Waals surface area contributed by atoms with Gasteiger partial charge in [0.15, 0.2) is 11.6 Å². The van der Waals surface area contributed by atoms with Crippen molar-refractivity contribution in [2.75, 3.05) is 0 Å². The van der Waals surface area contributed by atoms with Crippen LogP contribution < -0.4 is 0 Å². The summed E-state index contributed by atoms with van der Waals surface area (Å²) in [5, 5.41) is 11.6. The minimum absolute atomic E-state index is 0.763. The molecule has 0 aliphatic rings. The Morgan fingerprint density at radius 1 is 0.187 bits per heavy atom. The van der Waals surface area contributed by atoms with Gasteiger partial charge in [0.05, 0.1) is 44.1 Å². The first-order valence-electron chi connectivity index (χ1n) is 36.7. The topological polar surface area (TPSA) is 32.6 Å². The van der Waals surface area contributed by atoms with E-state index in [1.165, 1.54) is 20.2 Å². The number of para-hydroxylation sites is 2. The lowest BCUT2D eigenvalue weighted by molar-refractivity contribution is 0.961. The summed E-state index contributed by atoms with van der Waals surface area (Å²) in [6.07, 6.45) is 0. The van der Waals surface area contributed by atoms with E-state index in [1.54, 1.807) is 0 Å². The van der Waals surface area contributed by atoms with Gasteiger partial charge in [-0.2, -0.15) is 0 Å². The lowest BCUT2D eigenvalue weighted by atomic mass is 9.95. The van der Waals surface area contributed by atoms with E-state index < -0.39 is 0 Å². The number of aromatic nitrogens is 5. The summed E-state index contributed by atoms with van der Waals surface area (Å²) in [5.74, 6) is 1.53. The summed E-state index contributed by atoms with van der Waals surface area (Å²) < 4.78 is 12.7. The molecule has 0 atom stereocenters. The molecule has 0 saturated carbocycles. The monoisotopic (exact) mass is 1380 g/mol. The summed E-state index contributed by atoms with van der Waals surface area (Å²) in [6, 6.07) is 142. The Morgan fingerprint density at radius 2 is 0.430 bits per heavy atom. The SMILES string of the molecule is c1ccc(-c2cccc3c2c2c(-c4ccccc4)cccc2n3-c2nc(-n3c4ccccc4c4ccccc43)c(-n3c4cccc(-c5ccccc5)c4c4c(-c5ccccc5)cccc43)c(-c3cccc4c3sc3ccccc34)c2-n2c3cccc(-c4ccccc4)c3c3c(-c4ccccc4)cccc32)cc1. The lowest BCUT2D eigenvalue weighted by Crippen LogP contribution is -2.16. The Balaban J connectivity index is 1.06. The molecule has 0 bridgehead atoms. The molecule has 5 nitrogen and oxygen atoms in total. The van der Waals surface area contributed by atoms with E-state index in [4.69, 9.17) is 4.98 Å². The maximum atomic E-state index is 6.92. The van der Waals surface area contributed by atoms with E-state index in [0.717, 1.165) is 188 Å². The molecule has 0 fully saturated rings. The molecule has 0 saturated heterocycles.